The smallest absolute Gasteiger partial charge is 0.413 e. The maximum atomic E-state index is 11.7. The molecule has 1 amide bonds. The van der Waals surface area contributed by atoms with Crippen molar-refractivity contribution in [2.75, 3.05) is 12.4 Å². The summed E-state index contributed by atoms with van der Waals surface area (Å²) in [5, 5.41) is 17.3. The number of amides is 1. The zero-order valence-electron chi connectivity index (χ0n) is 17.2. The number of nitrogens with zero attached hydrogens (tertiary/aromatic N) is 4. The van der Waals surface area contributed by atoms with E-state index in [0.29, 0.717) is 28.1 Å². The highest BCUT2D eigenvalue weighted by molar-refractivity contribution is 9.10. The van der Waals surface area contributed by atoms with Crippen molar-refractivity contribution in [3.8, 4) is 27.5 Å². The van der Waals surface area contributed by atoms with Crippen LogP contribution >= 0.6 is 27.3 Å². The van der Waals surface area contributed by atoms with Crippen LogP contribution in [-0.2, 0) is 17.6 Å². The summed E-state index contributed by atoms with van der Waals surface area (Å²) < 4.78 is 7.08. The monoisotopic (exact) mass is 525 g/mol. The minimum Gasteiger partial charge on any atom is -0.478 e. The van der Waals surface area contributed by atoms with E-state index in [1.807, 2.05) is 12.1 Å². The Kier molecular flexibility index (Phi) is 5.43. The maximum absolute atomic E-state index is 11.7. The lowest BCUT2D eigenvalue weighted by Gasteiger charge is -2.15. The number of aromatic carboxylic acids is 1. The van der Waals surface area contributed by atoms with Gasteiger partial charge in [-0.1, -0.05) is 11.3 Å². The van der Waals surface area contributed by atoms with Gasteiger partial charge in [-0.3, -0.25) is 10.3 Å². The predicted octanol–water partition coefficient (Wildman–Crippen LogP) is 4.80. The molecule has 1 aliphatic rings. The molecule has 3 aromatic heterocycles. The number of thiazole rings is 1. The van der Waals surface area contributed by atoms with Crippen LogP contribution in [-0.4, -0.2) is 44.0 Å². The molecule has 1 aliphatic carbocycles. The van der Waals surface area contributed by atoms with E-state index in [0.717, 1.165) is 33.1 Å². The number of fused-ring (bicyclic) bond motifs is 3. The molecule has 33 heavy (non-hydrogen) atoms. The molecule has 5 rings (SSSR count). The molecule has 0 atom stereocenters. The van der Waals surface area contributed by atoms with Gasteiger partial charge in [0.1, 0.15) is 0 Å². The third kappa shape index (κ3) is 3.79. The molecule has 0 bridgehead atoms. The Morgan fingerprint density at radius 2 is 2.12 bits per heavy atom. The van der Waals surface area contributed by atoms with Crippen LogP contribution in [0.2, 0.25) is 0 Å². The number of benzene rings is 1. The quantitative estimate of drug-likeness (QED) is 0.392. The molecular formula is C22H16BrN5O4S. The fourth-order valence-electron chi connectivity index (χ4n) is 3.78. The predicted molar refractivity (Wildman–Crippen MR) is 126 cm³/mol. The molecule has 9 nitrogen and oxygen atoms in total. The number of carbonyl (C=O) groups is 2. The van der Waals surface area contributed by atoms with E-state index in [1.165, 1.54) is 18.4 Å². The van der Waals surface area contributed by atoms with Crippen LogP contribution in [0.5, 0.6) is 0 Å². The van der Waals surface area contributed by atoms with Crippen molar-refractivity contribution >= 4 is 44.5 Å². The number of pyridine rings is 1. The second-order valence-corrected chi connectivity index (χ2v) is 9.07. The lowest BCUT2D eigenvalue weighted by Crippen LogP contribution is -2.10. The van der Waals surface area contributed by atoms with Gasteiger partial charge in [0, 0.05) is 28.0 Å². The summed E-state index contributed by atoms with van der Waals surface area (Å²) in [5.41, 5.74) is 5.29. The summed E-state index contributed by atoms with van der Waals surface area (Å²) in [4.78, 5) is 32.8. The Hall–Kier alpha value is -3.57. The first-order valence-electron chi connectivity index (χ1n) is 9.87. The third-order valence-corrected chi connectivity index (χ3v) is 6.91. The Bertz CT molecular complexity index is 1400. The second-order valence-electron chi connectivity index (χ2n) is 7.21. The Balaban J connectivity index is 1.72. The van der Waals surface area contributed by atoms with Crippen LogP contribution in [0.4, 0.5) is 9.93 Å². The normalized spacial score (nSPS) is 12.1. The topological polar surface area (TPSA) is 119 Å². The van der Waals surface area contributed by atoms with Crippen LogP contribution in [0.3, 0.4) is 0 Å². The van der Waals surface area contributed by atoms with Gasteiger partial charge in [0.2, 0.25) is 0 Å². The summed E-state index contributed by atoms with van der Waals surface area (Å²) in [6, 6.07) is 8.63. The highest BCUT2D eigenvalue weighted by atomic mass is 79.9. The van der Waals surface area contributed by atoms with E-state index in [4.69, 9.17) is 9.84 Å². The zero-order valence-corrected chi connectivity index (χ0v) is 19.6. The molecule has 0 saturated heterocycles. The largest absolute Gasteiger partial charge is 0.478 e. The average Bonchev–Trinajstić information content (AvgIpc) is 3.40. The molecule has 166 valence electrons. The lowest BCUT2D eigenvalue weighted by molar-refractivity contribution is 0.0696. The highest BCUT2D eigenvalue weighted by Crippen LogP contribution is 2.44. The Morgan fingerprint density at radius 3 is 2.82 bits per heavy atom. The number of aromatic nitrogens is 4. The standard InChI is InChI=1S/C22H16BrN5O4S/c1-32-22(31)26-21-25-15-6-5-13-17(12-3-2-8-24-10-12)27-28(18(13)19(15)33-21)16-7-4-11(20(29)30)9-14(16)23/h2-4,7-10H,5-6H2,1H3,(H,29,30)(H,25,26,31). The van der Waals surface area contributed by atoms with Crippen molar-refractivity contribution in [2.45, 2.75) is 12.8 Å². The SMILES string of the molecule is COC(=O)Nc1nc2c(s1)-c1c(c(-c3cccnc3)nn1-c1ccc(C(=O)O)cc1Br)CC2. The van der Waals surface area contributed by atoms with E-state index in [2.05, 4.69) is 31.2 Å². The van der Waals surface area contributed by atoms with Gasteiger partial charge in [-0.05, 0) is 59.1 Å². The number of ether oxygens (including phenoxy) is 1. The van der Waals surface area contributed by atoms with Crippen LogP contribution in [0.15, 0.2) is 47.2 Å². The minimum absolute atomic E-state index is 0.169. The summed E-state index contributed by atoms with van der Waals surface area (Å²) in [6.07, 6.45) is 4.29. The van der Waals surface area contributed by atoms with Gasteiger partial charge >= 0.3 is 12.1 Å². The molecule has 1 aromatic carbocycles. The van der Waals surface area contributed by atoms with E-state index < -0.39 is 12.1 Å². The molecule has 0 unspecified atom stereocenters. The van der Waals surface area contributed by atoms with E-state index in [-0.39, 0.29) is 5.56 Å². The minimum atomic E-state index is -1.01. The molecule has 4 aromatic rings. The third-order valence-electron chi connectivity index (χ3n) is 5.26. The second kappa shape index (κ2) is 8.41. The number of methoxy groups -OCH3 is 1. The number of carboxylic acid groups (broad SMARTS) is 1. The summed E-state index contributed by atoms with van der Waals surface area (Å²) >= 11 is 4.85. The summed E-state index contributed by atoms with van der Waals surface area (Å²) in [5.74, 6) is -1.01. The first kappa shape index (κ1) is 21.3. The Labute approximate surface area is 200 Å². The molecule has 11 heteroatoms. The van der Waals surface area contributed by atoms with Crippen molar-refractivity contribution in [1.29, 1.82) is 0 Å². The van der Waals surface area contributed by atoms with E-state index >= 15 is 0 Å². The van der Waals surface area contributed by atoms with Gasteiger partial charge in [-0.2, -0.15) is 5.10 Å². The number of nitrogens with one attached hydrogen (secondary N) is 1. The number of hydrogen-bond acceptors (Lipinski definition) is 7. The fraction of sp³-hybridized carbons (Fsp3) is 0.136. The summed E-state index contributed by atoms with van der Waals surface area (Å²) in [7, 11) is 1.30. The number of anilines is 1. The Morgan fingerprint density at radius 1 is 1.27 bits per heavy atom. The van der Waals surface area contributed by atoms with Gasteiger partial charge in [0.05, 0.1) is 40.3 Å². The van der Waals surface area contributed by atoms with Crippen molar-refractivity contribution in [3.05, 3.63) is 64.0 Å². The maximum Gasteiger partial charge on any atom is 0.413 e. The number of halogens is 1. The number of carboxylic acids is 1. The molecule has 2 N–H and O–H groups in total. The van der Waals surface area contributed by atoms with Crippen LogP contribution in [0.25, 0.3) is 27.5 Å². The molecule has 0 saturated carbocycles. The number of carbonyl (C=O) groups excluding carboxylic acids is 1. The van der Waals surface area contributed by atoms with Gasteiger partial charge in [0.25, 0.3) is 0 Å². The van der Waals surface area contributed by atoms with Crippen molar-refractivity contribution in [3.63, 3.8) is 0 Å². The zero-order chi connectivity index (χ0) is 23.1. The number of rotatable bonds is 4. The van der Waals surface area contributed by atoms with Gasteiger partial charge in [-0.15, -0.1) is 0 Å². The van der Waals surface area contributed by atoms with Crippen LogP contribution < -0.4 is 5.32 Å². The van der Waals surface area contributed by atoms with Crippen LogP contribution in [0.1, 0.15) is 21.6 Å². The number of aryl methyl sites for hydroxylation is 1. The van der Waals surface area contributed by atoms with E-state index in [9.17, 15) is 14.7 Å². The fourth-order valence-corrected chi connectivity index (χ4v) is 5.38. The van der Waals surface area contributed by atoms with Crippen molar-refractivity contribution in [1.82, 2.24) is 19.7 Å². The molecule has 0 spiro atoms. The number of hydrogen-bond donors (Lipinski definition) is 2. The van der Waals surface area contributed by atoms with Crippen molar-refractivity contribution in [2.24, 2.45) is 0 Å². The first-order chi connectivity index (χ1) is 16.0. The van der Waals surface area contributed by atoms with Crippen molar-refractivity contribution < 1.29 is 19.4 Å². The van der Waals surface area contributed by atoms with Gasteiger partial charge in [-0.25, -0.2) is 19.3 Å². The highest BCUT2D eigenvalue weighted by Gasteiger charge is 2.30. The molecule has 3 heterocycles. The molecule has 0 fully saturated rings. The average molecular weight is 526 g/mol. The van der Waals surface area contributed by atoms with Crippen LogP contribution in [0, 0.1) is 0 Å². The first-order valence-corrected chi connectivity index (χ1v) is 11.5. The summed E-state index contributed by atoms with van der Waals surface area (Å²) in [6.45, 7) is 0. The van der Waals surface area contributed by atoms with E-state index in [1.54, 1.807) is 35.3 Å². The molecular weight excluding hydrogens is 510 g/mol. The molecule has 0 aliphatic heterocycles. The lowest BCUT2D eigenvalue weighted by atomic mass is 9.95. The van der Waals surface area contributed by atoms with Gasteiger partial charge < -0.3 is 9.84 Å². The van der Waals surface area contributed by atoms with Gasteiger partial charge in [0.15, 0.2) is 5.13 Å². The molecule has 0 radical (unpaired) electrons.